The SMILES string of the molecule is Cc1ccc(S(=O)(=O)N2CCCCC2C)cc1C(=O)N1CC(CN)CC1C.Cl. The molecule has 2 aliphatic rings. The van der Waals surface area contributed by atoms with Gasteiger partial charge in [0.25, 0.3) is 5.91 Å². The number of likely N-dealkylation sites (tertiary alicyclic amines) is 1. The van der Waals surface area contributed by atoms with E-state index >= 15 is 0 Å². The summed E-state index contributed by atoms with van der Waals surface area (Å²) in [6.45, 7) is 7.58. The number of rotatable bonds is 4. The van der Waals surface area contributed by atoms with Crippen LogP contribution in [0.15, 0.2) is 23.1 Å². The first kappa shape index (κ1) is 23.1. The molecule has 1 aromatic rings. The number of sulfonamides is 1. The van der Waals surface area contributed by atoms with Crippen LogP contribution in [-0.4, -0.2) is 55.2 Å². The van der Waals surface area contributed by atoms with Gasteiger partial charge in [-0.25, -0.2) is 8.42 Å². The van der Waals surface area contributed by atoms with Gasteiger partial charge in [-0.05, 0) is 70.2 Å². The average Bonchev–Trinajstić information content (AvgIpc) is 3.02. The number of hydrogen-bond acceptors (Lipinski definition) is 4. The zero-order valence-corrected chi connectivity index (χ0v) is 18.6. The van der Waals surface area contributed by atoms with Gasteiger partial charge in [0.05, 0.1) is 4.90 Å². The van der Waals surface area contributed by atoms with Crippen molar-refractivity contribution in [3.63, 3.8) is 0 Å². The molecule has 3 unspecified atom stereocenters. The lowest BCUT2D eigenvalue weighted by Gasteiger charge is -2.32. The smallest absolute Gasteiger partial charge is 0.254 e. The standard InChI is InChI=1S/C20H31N3O3S.ClH/c1-14-7-8-18(27(25,26)23-9-5-4-6-15(23)2)11-19(14)20(24)22-13-17(12-21)10-16(22)3;/h7-8,11,15-17H,4-6,9-10,12-13,21H2,1-3H3;1H. The van der Waals surface area contributed by atoms with E-state index in [1.165, 1.54) is 0 Å². The Morgan fingerprint density at radius 1 is 1.21 bits per heavy atom. The lowest BCUT2D eigenvalue weighted by molar-refractivity contribution is 0.0742. The molecule has 6 nitrogen and oxygen atoms in total. The molecule has 2 saturated heterocycles. The summed E-state index contributed by atoms with van der Waals surface area (Å²) in [4.78, 5) is 15.2. The number of piperidine rings is 1. The highest BCUT2D eigenvalue weighted by atomic mass is 35.5. The number of nitrogens with two attached hydrogens (primary N) is 1. The fourth-order valence-electron chi connectivity index (χ4n) is 4.31. The second kappa shape index (κ2) is 9.11. The third-order valence-corrected chi connectivity index (χ3v) is 8.05. The number of halogens is 1. The van der Waals surface area contributed by atoms with Crippen LogP contribution in [0.1, 0.15) is 55.5 Å². The van der Waals surface area contributed by atoms with E-state index < -0.39 is 10.0 Å². The highest BCUT2D eigenvalue weighted by Crippen LogP contribution is 2.29. The van der Waals surface area contributed by atoms with Gasteiger partial charge in [0.2, 0.25) is 10.0 Å². The Labute approximate surface area is 174 Å². The topological polar surface area (TPSA) is 83.7 Å². The fraction of sp³-hybridized carbons (Fsp3) is 0.650. The van der Waals surface area contributed by atoms with Crippen molar-refractivity contribution >= 4 is 28.3 Å². The molecule has 158 valence electrons. The second-order valence-electron chi connectivity index (χ2n) is 8.08. The van der Waals surface area contributed by atoms with Crippen molar-refractivity contribution in [2.24, 2.45) is 11.7 Å². The van der Waals surface area contributed by atoms with Gasteiger partial charge in [0.1, 0.15) is 0 Å². The lowest BCUT2D eigenvalue weighted by Crippen LogP contribution is -2.42. The minimum Gasteiger partial charge on any atom is -0.336 e. The zero-order valence-electron chi connectivity index (χ0n) is 16.9. The van der Waals surface area contributed by atoms with Gasteiger partial charge >= 0.3 is 0 Å². The molecule has 1 aromatic carbocycles. The summed E-state index contributed by atoms with van der Waals surface area (Å²) in [6, 6.07) is 5.05. The number of aryl methyl sites for hydroxylation is 1. The Bertz CT molecular complexity index is 815. The predicted octanol–water partition coefficient (Wildman–Crippen LogP) is 2.79. The first-order valence-electron chi connectivity index (χ1n) is 9.89. The Morgan fingerprint density at radius 2 is 1.93 bits per heavy atom. The predicted molar refractivity (Wildman–Crippen MR) is 113 cm³/mol. The maximum atomic E-state index is 13.2. The van der Waals surface area contributed by atoms with Gasteiger partial charge in [0, 0.05) is 30.7 Å². The highest BCUT2D eigenvalue weighted by molar-refractivity contribution is 7.89. The van der Waals surface area contributed by atoms with Crippen LogP contribution in [0, 0.1) is 12.8 Å². The van der Waals surface area contributed by atoms with E-state index in [1.807, 2.05) is 25.7 Å². The molecule has 1 amide bonds. The molecule has 0 bridgehead atoms. The Morgan fingerprint density at radius 3 is 2.54 bits per heavy atom. The van der Waals surface area contributed by atoms with Crippen molar-refractivity contribution in [1.29, 1.82) is 0 Å². The van der Waals surface area contributed by atoms with Crippen LogP contribution in [0.25, 0.3) is 0 Å². The number of hydrogen-bond donors (Lipinski definition) is 1. The van der Waals surface area contributed by atoms with E-state index in [2.05, 4.69) is 0 Å². The molecule has 28 heavy (non-hydrogen) atoms. The minimum absolute atomic E-state index is 0. The molecule has 0 aliphatic carbocycles. The molecule has 0 saturated carbocycles. The van der Waals surface area contributed by atoms with Gasteiger partial charge in [-0.3, -0.25) is 4.79 Å². The maximum Gasteiger partial charge on any atom is 0.254 e. The summed E-state index contributed by atoms with van der Waals surface area (Å²) >= 11 is 0. The molecule has 3 rings (SSSR count). The summed E-state index contributed by atoms with van der Waals surface area (Å²) < 4.78 is 27.9. The maximum absolute atomic E-state index is 13.2. The van der Waals surface area contributed by atoms with Crippen molar-refractivity contribution in [3.8, 4) is 0 Å². The Balaban J connectivity index is 0.00000280. The number of amides is 1. The van der Waals surface area contributed by atoms with Crippen LogP contribution in [0.5, 0.6) is 0 Å². The number of nitrogens with zero attached hydrogens (tertiary/aromatic N) is 2. The van der Waals surface area contributed by atoms with Crippen molar-refractivity contribution < 1.29 is 13.2 Å². The van der Waals surface area contributed by atoms with Crippen LogP contribution in [0.3, 0.4) is 0 Å². The monoisotopic (exact) mass is 429 g/mol. The van der Waals surface area contributed by atoms with Crippen LogP contribution in [0.2, 0.25) is 0 Å². The van der Waals surface area contributed by atoms with E-state index in [0.717, 1.165) is 31.2 Å². The molecular weight excluding hydrogens is 398 g/mol. The highest BCUT2D eigenvalue weighted by Gasteiger charge is 2.35. The zero-order chi connectivity index (χ0) is 19.8. The summed E-state index contributed by atoms with van der Waals surface area (Å²) in [5, 5.41) is 0. The molecule has 2 heterocycles. The van der Waals surface area contributed by atoms with Gasteiger partial charge in [-0.2, -0.15) is 4.31 Å². The summed E-state index contributed by atoms with van der Waals surface area (Å²) in [5.74, 6) is 0.213. The van der Waals surface area contributed by atoms with Gasteiger partial charge in [0.15, 0.2) is 0 Å². The van der Waals surface area contributed by atoms with Gasteiger partial charge in [-0.1, -0.05) is 12.5 Å². The van der Waals surface area contributed by atoms with Crippen LogP contribution in [0.4, 0.5) is 0 Å². The first-order valence-corrected chi connectivity index (χ1v) is 11.3. The summed E-state index contributed by atoms with van der Waals surface area (Å²) in [5.41, 5.74) is 7.06. The molecule has 3 atom stereocenters. The summed E-state index contributed by atoms with van der Waals surface area (Å²) in [7, 11) is -3.59. The van der Waals surface area contributed by atoms with E-state index in [4.69, 9.17) is 5.73 Å². The van der Waals surface area contributed by atoms with Crippen molar-refractivity contribution in [2.75, 3.05) is 19.6 Å². The first-order chi connectivity index (χ1) is 12.8. The molecule has 2 aliphatic heterocycles. The minimum atomic E-state index is -3.59. The number of carbonyl (C=O) groups excluding carboxylic acids is 1. The van der Waals surface area contributed by atoms with E-state index in [0.29, 0.717) is 31.1 Å². The molecule has 0 spiro atoms. The molecule has 2 fully saturated rings. The van der Waals surface area contributed by atoms with Crippen molar-refractivity contribution in [1.82, 2.24) is 9.21 Å². The fourth-order valence-corrected chi connectivity index (χ4v) is 6.03. The van der Waals surface area contributed by atoms with Crippen LogP contribution in [-0.2, 0) is 10.0 Å². The molecule has 2 N–H and O–H groups in total. The molecule has 0 aromatic heterocycles. The Kier molecular flexibility index (Phi) is 7.53. The summed E-state index contributed by atoms with van der Waals surface area (Å²) in [6.07, 6.45) is 3.71. The quantitative estimate of drug-likeness (QED) is 0.797. The molecule has 0 radical (unpaired) electrons. The average molecular weight is 430 g/mol. The third kappa shape index (κ3) is 4.37. The molecular formula is C20H32ClN3O3S. The Hall–Kier alpha value is -1.15. The van der Waals surface area contributed by atoms with Gasteiger partial charge in [-0.15, -0.1) is 12.4 Å². The van der Waals surface area contributed by atoms with E-state index in [9.17, 15) is 13.2 Å². The van der Waals surface area contributed by atoms with Crippen LogP contribution < -0.4 is 5.73 Å². The largest absolute Gasteiger partial charge is 0.336 e. The second-order valence-corrected chi connectivity index (χ2v) is 9.97. The van der Waals surface area contributed by atoms with Crippen LogP contribution >= 0.6 is 12.4 Å². The van der Waals surface area contributed by atoms with E-state index in [1.54, 1.807) is 22.5 Å². The van der Waals surface area contributed by atoms with Crippen molar-refractivity contribution in [3.05, 3.63) is 29.3 Å². The molecule has 8 heteroatoms. The van der Waals surface area contributed by atoms with Crippen molar-refractivity contribution in [2.45, 2.75) is 63.4 Å². The van der Waals surface area contributed by atoms with Gasteiger partial charge < -0.3 is 10.6 Å². The number of carbonyl (C=O) groups is 1. The van der Waals surface area contributed by atoms with E-state index in [-0.39, 0.29) is 35.3 Å². The lowest BCUT2D eigenvalue weighted by atomic mass is 10.1. The normalized spacial score (nSPS) is 26.1. The number of benzene rings is 1. The third-order valence-electron chi connectivity index (χ3n) is 6.04.